The zero-order valence-electron chi connectivity index (χ0n) is 12.1. The number of nitrogens with zero attached hydrogens (tertiary/aromatic N) is 2. The van der Waals surface area contributed by atoms with E-state index in [2.05, 4.69) is 59.9 Å². The first-order valence-electron chi connectivity index (χ1n) is 6.91. The van der Waals surface area contributed by atoms with Gasteiger partial charge in [-0.3, -0.25) is 0 Å². The van der Waals surface area contributed by atoms with E-state index in [0.717, 1.165) is 19.6 Å². The summed E-state index contributed by atoms with van der Waals surface area (Å²) in [5, 5.41) is 3.47. The van der Waals surface area contributed by atoms with Gasteiger partial charge in [0.25, 0.3) is 0 Å². The summed E-state index contributed by atoms with van der Waals surface area (Å²) in [4.78, 5) is 4.27. The number of benzene rings is 1. The average Bonchev–Trinajstić information content (AvgIpc) is 2.79. The van der Waals surface area contributed by atoms with E-state index in [4.69, 9.17) is 0 Å². The van der Waals surface area contributed by atoms with Gasteiger partial charge < -0.3 is 9.88 Å². The van der Waals surface area contributed by atoms with Gasteiger partial charge in [0.2, 0.25) is 0 Å². The van der Waals surface area contributed by atoms with Crippen molar-refractivity contribution >= 4 is 0 Å². The molecule has 102 valence electrons. The van der Waals surface area contributed by atoms with Crippen molar-refractivity contribution in [1.82, 2.24) is 14.9 Å². The zero-order valence-corrected chi connectivity index (χ0v) is 12.1. The molecule has 0 saturated heterocycles. The van der Waals surface area contributed by atoms with Crippen LogP contribution in [-0.2, 0) is 13.1 Å². The molecule has 0 radical (unpaired) electrons. The molecule has 0 fully saturated rings. The molecule has 0 aliphatic carbocycles. The van der Waals surface area contributed by atoms with E-state index in [1.54, 1.807) is 0 Å². The van der Waals surface area contributed by atoms with Crippen molar-refractivity contribution in [2.75, 3.05) is 6.54 Å². The van der Waals surface area contributed by atoms with Gasteiger partial charge in [0, 0.05) is 19.3 Å². The van der Waals surface area contributed by atoms with Crippen molar-refractivity contribution < 1.29 is 0 Å². The predicted molar refractivity (Wildman–Crippen MR) is 79.1 cm³/mol. The van der Waals surface area contributed by atoms with E-state index >= 15 is 0 Å². The van der Waals surface area contributed by atoms with Gasteiger partial charge in [0.05, 0.1) is 12.0 Å². The number of imidazole rings is 1. The molecule has 0 atom stereocenters. The molecule has 19 heavy (non-hydrogen) atoms. The van der Waals surface area contributed by atoms with Crippen molar-refractivity contribution in [3.05, 3.63) is 53.6 Å². The smallest absolute Gasteiger partial charge is 0.0951 e. The molecule has 2 aromatic rings. The molecule has 1 aromatic carbocycles. The van der Waals surface area contributed by atoms with Gasteiger partial charge in [0.1, 0.15) is 0 Å². The Kier molecular flexibility index (Phi) is 4.74. The van der Waals surface area contributed by atoms with E-state index in [-0.39, 0.29) is 0 Å². The quantitative estimate of drug-likeness (QED) is 0.862. The van der Waals surface area contributed by atoms with E-state index in [9.17, 15) is 0 Å². The highest BCUT2D eigenvalue weighted by atomic mass is 15.1. The third-order valence-electron chi connectivity index (χ3n) is 3.26. The van der Waals surface area contributed by atoms with Crippen LogP contribution in [0.1, 0.15) is 30.7 Å². The molecule has 1 N–H and O–H groups in total. The summed E-state index contributed by atoms with van der Waals surface area (Å²) in [5.74, 6) is 0.674. The van der Waals surface area contributed by atoms with Crippen molar-refractivity contribution in [2.45, 2.75) is 33.9 Å². The van der Waals surface area contributed by atoms with E-state index in [0.29, 0.717) is 5.92 Å². The third kappa shape index (κ3) is 3.93. The lowest BCUT2D eigenvalue weighted by Gasteiger charge is -2.12. The van der Waals surface area contributed by atoms with Crippen LogP contribution in [0.5, 0.6) is 0 Å². The predicted octanol–water partition coefficient (Wildman–Crippen LogP) is 2.99. The highest BCUT2D eigenvalue weighted by molar-refractivity contribution is 5.26. The SMILES string of the molecule is Cc1ccccc1Cn1cncc1CNCC(C)C. The van der Waals surface area contributed by atoms with Crippen molar-refractivity contribution in [3.8, 4) is 0 Å². The molecule has 0 spiro atoms. The topological polar surface area (TPSA) is 29.9 Å². The second-order valence-electron chi connectivity index (χ2n) is 5.46. The van der Waals surface area contributed by atoms with Crippen LogP contribution in [0.3, 0.4) is 0 Å². The van der Waals surface area contributed by atoms with Crippen LogP contribution >= 0.6 is 0 Å². The molecular formula is C16H23N3. The van der Waals surface area contributed by atoms with Gasteiger partial charge in [-0.2, -0.15) is 0 Å². The average molecular weight is 257 g/mol. The molecule has 0 bridgehead atoms. The van der Waals surface area contributed by atoms with Crippen molar-refractivity contribution in [1.29, 1.82) is 0 Å². The minimum absolute atomic E-state index is 0.674. The minimum Gasteiger partial charge on any atom is -0.329 e. The maximum absolute atomic E-state index is 4.27. The van der Waals surface area contributed by atoms with E-state index < -0.39 is 0 Å². The largest absolute Gasteiger partial charge is 0.329 e. The van der Waals surface area contributed by atoms with Crippen LogP contribution in [0, 0.1) is 12.8 Å². The summed E-state index contributed by atoms with van der Waals surface area (Å²) in [6.07, 6.45) is 3.87. The van der Waals surface area contributed by atoms with Crippen LogP contribution in [0.4, 0.5) is 0 Å². The van der Waals surface area contributed by atoms with Crippen LogP contribution in [0.2, 0.25) is 0 Å². The number of hydrogen-bond acceptors (Lipinski definition) is 2. The van der Waals surface area contributed by atoms with Gasteiger partial charge in [-0.1, -0.05) is 38.1 Å². The first-order chi connectivity index (χ1) is 9.16. The number of rotatable bonds is 6. The van der Waals surface area contributed by atoms with Gasteiger partial charge >= 0.3 is 0 Å². The molecule has 0 aliphatic heterocycles. The summed E-state index contributed by atoms with van der Waals surface area (Å²) in [6, 6.07) is 8.51. The Morgan fingerprint density at radius 3 is 2.79 bits per heavy atom. The Labute approximate surface area is 115 Å². The minimum atomic E-state index is 0.674. The first-order valence-corrected chi connectivity index (χ1v) is 6.91. The molecule has 0 aliphatic rings. The first kappa shape index (κ1) is 13.8. The fraction of sp³-hybridized carbons (Fsp3) is 0.438. The highest BCUT2D eigenvalue weighted by Crippen LogP contribution is 2.11. The Morgan fingerprint density at radius 1 is 1.26 bits per heavy atom. The molecule has 0 unspecified atom stereocenters. The van der Waals surface area contributed by atoms with E-state index in [1.165, 1.54) is 16.8 Å². The van der Waals surface area contributed by atoms with E-state index in [1.807, 2.05) is 12.5 Å². The fourth-order valence-electron chi connectivity index (χ4n) is 2.10. The molecule has 3 heteroatoms. The summed E-state index contributed by atoms with van der Waals surface area (Å²) >= 11 is 0. The lowest BCUT2D eigenvalue weighted by molar-refractivity contribution is 0.539. The maximum atomic E-state index is 4.27. The van der Waals surface area contributed by atoms with Gasteiger partial charge in [-0.15, -0.1) is 0 Å². The summed E-state index contributed by atoms with van der Waals surface area (Å²) < 4.78 is 2.22. The number of nitrogens with one attached hydrogen (secondary N) is 1. The van der Waals surface area contributed by atoms with Crippen LogP contribution in [-0.4, -0.2) is 16.1 Å². The van der Waals surface area contributed by atoms with Gasteiger partial charge in [-0.05, 0) is 30.5 Å². The van der Waals surface area contributed by atoms with Gasteiger partial charge in [-0.25, -0.2) is 4.98 Å². The molecule has 3 nitrogen and oxygen atoms in total. The number of hydrogen-bond donors (Lipinski definition) is 1. The second-order valence-corrected chi connectivity index (χ2v) is 5.46. The van der Waals surface area contributed by atoms with Crippen LogP contribution in [0.25, 0.3) is 0 Å². The van der Waals surface area contributed by atoms with Crippen LogP contribution < -0.4 is 5.32 Å². The molecule has 0 saturated carbocycles. The molecule has 1 heterocycles. The Balaban J connectivity index is 2.01. The summed E-state index contributed by atoms with van der Waals surface area (Å²) in [7, 11) is 0. The van der Waals surface area contributed by atoms with Gasteiger partial charge in [0.15, 0.2) is 0 Å². The zero-order chi connectivity index (χ0) is 13.7. The normalized spacial score (nSPS) is 11.2. The number of aromatic nitrogens is 2. The second kappa shape index (κ2) is 6.53. The fourth-order valence-corrected chi connectivity index (χ4v) is 2.10. The summed E-state index contributed by atoms with van der Waals surface area (Å²) in [6.45, 7) is 9.41. The number of aryl methyl sites for hydroxylation is 1. The molecular weight excluding hydrogens is 234 g/mol. The Hall–Kier alpha value is -1.61. The van der Waals surface area contributed by atoms with Crippen LogP contribution in [0.15, 0.2) is 36.8 Å². The lowest BCUT2D eigenvalue weighted by Crippen LogP contribution is -2.21. The maximum Gasteiger partial charge on any atom is 0.0951 e. The summed E-state index contributed by atoms with van der Waals surface area (Å²) in [5.41, 5.74) is 3.92. The lowest BCUT2D eigenvalue weighted by atomic mass is 10.1. The highest BCUT2D eigenvalue weighted by Gasteiger charge is 2.04. The van der Waals surface area contributed by atoms with Crippen molar-refractivity contribution in [2.24, 2.45) is 5.92 Å². The Morgan fingerprint density at radius 2 is 2.05 bits per heavy atom. The molecule has 1 aromatic heterocycles. The molecule has 2 rings (SSSR count). The monoisotopic (exact) mass is 257 g/mol. The third-order valence-corrected chi connectivity index (χ3v) is 3.26. The Bertz CT molecular complexity index is 514. The van der Waals surface area contributed by atoms with Crippen molar-refractivity contribution in [3.63, 3.8) is 0 Å². The molecule has 0 amide bonds. The standard InChI is InChI=1S/C16H23N3/c1-13(2)8-17-9-16-10-18-12-19(16)11-15-7-5-4-6-14(15)3/h4-7,10,12-13,17H,8-9,11H2,1-3H3.